The van der Waals surface area contributed by atoms with Crippen LogP contribution < -0.4 is 15.0 Å². The van der Waals surface area contributed by atoms with Crippen molar-refractivity contribution in [1.29, 1.82) is 0 Å². The second kappa shape index (κ2) is 8.22. The molecule has 3 heterocycles. The van der Waals surface area contributed by atoms with Gasteiger partial charge >= 0.3 is 0 Å². The van der Waals surface area contributed by atoms with E-state index in [0.717, 1.165) is 22.8 Å². The zero-order chi connectivity index (χ0) is 20.2. The number of nitrogens with zero attached hydrogens (tertiary/aromatic N) is 4. The smallest absolute Gasteiger partial charge is 0.289 e. The number of ether oxygens (including phenoxy) is 1. The van der Waals surface area contributed by atoms with Crippen molar-refractivity contribution >= 4 is 23.4 Å². The Morgan fingerprint density at radius 2 is 2.00 bits per heavy atom. The van der Waals surface area contributed by atoms with Crippen LogP contribution in [0.3, 0.4) is 0 Å². The highest BCUT2D eigenvalue weighted by atomic mass is 16.5. The molecule has 8 nitrogen and oxygen atoms in total. The van der Waals surface area contributed by atoms with Gasteiger partial charge in [0.1, 0.15) is 11.6 Å². The van der Waals surface area contributed by atoms with Gasteiger partial charge in [-0.1, -0.05) is 6.07 Å². The highest BCUT2D eigenvalue weighted by molar-refractivity contribution is 5.91. The number of carbonyl (C=O) groups is 1. The molecule has 2 aromatic heterocycles. The number of nitrogens with one attached hydrogen (secondary N) is 1. The Bertz CT molecular complexity index is 982. The van der Waals surface area contributed by atoms with Crippen molar-refractivity contribution in [2.24, 2.45) is 0 Å². The number of hydrogen-bond acceptors (Lipinski definition) is 7. The number of aryl methyl sites for hydroxylation is 1. The molecule has 1 aromatic carbocycles. The van der Waals surface area contributed by atoms with E-state index in [1.807, 2.05) is 31.2 Å². The first-order chi connectivity index (χ1) is 14.1. The van der Waals surface area contributed by atoms with Gasteiger partial charge < -0.3 is 24.3 Å². The Morgan fingerprint density at radius 1 is 1.17 bits per heavy atom. The van der Waals surface area contributed by atoms with E-state index in [9.17, 15) is 4.79 Å². The average molecular weight is 393 g/mol. The first kappa shape index (κ1) is 18.8. The molecule has 1 N–H and O–H groups in total. The van der Waals surface area contributed by atoms with E-state index in [-0.39, 0.29) is 5.91 Å². The minimum Gasteiger partial charge on any atom is -0.495 e. The standard InChI is InChI=1S/C21H23N5O3/c1-15-5-6-17(28-2)16(14-15)23-21-22-8-7-19(24-21)25-9-11-26(12-10-25)20(27)18-4-3-13-29-18/h3-8,13-14H,9-12H2,1-2H3,(H,22,23,24). The minimum absolute atomic E-state index is 0.0776. The second-order valence-electron chi connectivity index (χ2n) is 6.82. The monoisotopic (exact) mass is 393 g/mol. The Hall–Kier alpha value is -3.55. The predicted octanol–water partition coefficient (Wildman–Crippen LogP) is 3.09. The molecule has 0 bridgehead atoms. The van der Waals surface area contributed by atoms with Crippen molar-refractivity contribution in [3.63, 3.8) is 0 Å². The van der Waals surface area contributed by atoms with Crippen LogP contribution in [0.2, 0.25) is 0 Å². The first-order valence-corrected chi connectivity index (χ1v) is 9.46. The fraction of sp³-hybridized carbons (Fsp3) is 0.286. The molecule has 1 fully saturated rings. The van der Waals surface area contributed by atoms with E-state index in [1.165, 1.54) is 6.26 Å². The van der Waals surface area contributed by atoms with Crippen molar-refractivity contribution in [3.8, 4) is 5.75 Å². The van der Waals surface area contributed by atoms with Gasteiger partial charge in [0.05, 0.1) is 19.1 Å². The Morgan fingerprint density at radius 3 is 2.72 bits per heavy atom. The summed E-state index contributed by atoms with van der Waals surface area (Å²) in [7, 11) is 1.64. The summed E-state index contributed by atoms with van der Waals surface area (Å²) in [5, 5.41) is 3.24. The fourth-order valence-corrected chi connectivity index (χ4v) is 3.32. The molecule has 150 valence electrons. The zero-order valence-corrected chi connectivity index (χ0v) is 16.5. The molecule has 1 amide bonds. The Labute approximate surface area is 169 Å². The maximum Gasteiger partial charge on any atom is 0.289 e. The molecule has 0 spiro atoms. The number of anilines is 3. The van der Waals surface area contributed by atoms with Gasteiger partial charge in [0.15, 0.2) is 5.76 Å². The molecule has 0 aliphatic carbocycles. The van der Waals surface area contributed by atoms with Crippen LogP contribution in [-0.4, -0.2) is 54.1 Å². The van der Waals surface area contributed by atoms with E-state index in [2.05, 4.69) is 20.2 Å². The molecule has 0 saturated carbocycles. The van der Waals surface area contributed by atoms with Gasteiger partial charge in [-0.2, -0.15) is 4.98 Å². The van der Waals surface area contributed by atoms with Gasteiger partial charge in [-0.25, -0.2) is 4.98 Å². The third-order valence-electron chi connectivity index (χ3n) is 4.87. The molecule has 0 atom stereocenters. The number of aromatic nitrogens is 2. The van der Waals surface area contributed by atoms with E-state index in [0.29, 0.717) is 37.9 Å². The summed E-state index contributed by atoms with van der Waals surface area (Å²) in [6, 6.07) is 11.2. The van der Waals surface area contributed by atoms with Crippen LogP contribution in [0.5, 0.6) is 5.75 Å². The maximum atomic E-state index is 12.4. The lowest BCUT2D eigenvalue weighted by Gasteiger charge is -2.35. The lowest BCUT2D eigenvalue weighted by atomic mass is 10.2. The van der Waals surface area contributed by atoms with Crippen molar-refractivity contribution < 1.29 is 13.9 Å². The quantitative estimate of drug-likeness (QED) is 0.713. The summed E-state index contributed by atoms with van der Waals surface area (Å²) >= 11 is 0. The fourth-order valence-electron chi connectivity index (χ4n) is 3.32. The van der Waals surface area contributed by atoms with Gasteiger partial charge in [-0.15, -0.1) is 0 Å². The van der Waals surface area contributed by atoms with Crippen molar-refractivity contribution in [2.45, 2.75) is 6.92 Å². The molecule has 29 heavy (non-hydrogen) atoms. The number of carbonyl (C=O) groups excluding carboxylic acids is 1. The number of piperazine rings is 1. The van der Waals surface area contributed by atoms with Crippen LogP contribution >= 0.6 is 0 Å². The Kier molecular flexibility index (Phi) is 5.33. The van der Waals surface area contributed by atoms with Crippen LogP contribution in [0, 0.1) is 6.92 Å². The molecule has 4 rings (SSSR count). The second-order valence-corrected chi connectivity index (χ2v) is 6.82. The molecule has 0 unspecified atom stereocenters. The number of hydrogen-bond donors (Lipinski definition) is 1. The molecular formula is C21H23N5O3. The molecule has 1 aliphatic heterocycles. The maximum absolute atomic E-state index is 12.4. The summed E-state index contributed by atoms with van der Waals surface area (Å²) in [6.07, 6.45) is 3.25. The van der Waals surface area contributed by atoms with Gasteiger partial charge in [-0.3, -0.25) is 4.79 Å². The van der Waals surface area contributed by atoms with E-state index in [1.54, 1.807) is 30.3 Å². The zero-order valence-electron chi connectivity index (χ0n) is 16.5. The molecule has 3 aromatic rings. The van der Waals surface area contributed by atoms with Gasteiger partial charge in [0.2, 0.25) is 5.95 Å². The van der Waals surface area contributed by atoms with Crippen LogP contribution in [0.1, 0.15) is 16.1 Å². The third-order valence-corrected chi connectivity index (χ3v) is 4.87. The third kappa shape index (κ3) is 4.16. The highest BCUT2D eigenvalue weighted by Crippen LogP contribution is 2.28. The highest BCUT2D eigenvalue weighted by Gasteiger charge is 2.24. The molecular weight excluding hydrogens is 370 g/mol. The minimum atomic E-state index is -0.0776. The van der Waals surface area contributed by atoms with Crippen LogP contribution in [0.4, 0.5) is 17.5 Å². The van der Waals surface area contributed by atoms with E-state index < -0.39 is 0 Å². The van der Waals surface area contributed by atoms with E-state index in [4.69, 9.17) is 9.15 Å². The van der Waals surface area contributed by atoms with Crippen LogP contribution in [0.15, 0.2) is 53.3 Å². The van der Waals surface area contributed by atoms with Crippen LogP contribution in [0.25, 0.3) is 0 Å². The van der Waals surface area contributed by atoms with Crippen LogP contribution in [-0.2, 0) is 0 Å². The van der Waals surface area contributed by atoms with Crippen molar-refractivity contribution in [2.75, 3.05) is 43.5 Å². The topological polar surface area (TPSA) is 83.7 Å². The lowest BCUT2D eigenvalue weighted by molar-refractivity contribution is 0.0714. The molecule has 1 saturated heterocycles. The summed E-state index contributed by atoms with van der Waals surface area (Å²) in [6.45, 7) is 4.62. The number of methoxy groups -OCH3 is 1. The average Bonchev–Trinajstić information content (AvgIpc) is 3.29. The number of benzene rings is 1. The van der Waals surface area contributed by atoms with E-state index >= 15 is 0 Å². The number of amides is 1. The summed E-state index contributed by atoms with van der Waals surface area (Å²) in [5.74, 6) is 2.35. The summed E-state index contributed by atoms with van der Waals surface area (Å²) < 4.78 is 10.6. The van der Waals surface area contributed by atoms with Gasteiger partial charge in [0, 0.05) is 32.4 Å². The normalized spacial score (nSPS) is 14.0. The number of rotatable bonds is 5. The first-order valence-electron chi connectivity index (χ1n) is 9.46. The SMILES string of the molecule is COc1ccc(C)cc1Nc1nccc(N2CCN(C(=O)c3ccco3)CC2)n1. The number of furan rings is 1. The molecule has 8 heteroatoms. The van der Waals surface area contributed by atoms with Crippen molar-refractivity contribution in [1.82, 2.24) is 14.9 Å². The van der Waals surface area contributed by atoms with Gasteiger partial charge in [-0.05, 0) is 42.8 Å². The molecule has 0 radical (unpaired) electrons. The Balaban J connectivity index is 1.43. The van der Waals surface area contributed by atoms with Gasteiger partial charge in [0.25, 0.3) is 5.91 Å². The summed E-state index contributed by atoms with van der Waals surface area (Å²) in [5.41, 5.74) is 1.93. The molecule has 1 aliphatic rings. The lowest BCUT2D eigenvalue weighted by Crippen LogP contribution is -2.49. The largest absolute Gasteiger partial charge is 0.495 e. The van der Waals surface area contributed by atoms with Crippen molar-refractivity contribution in [3.05, 3.63) is 60.2 Å². The predicted molar refractivity (Wildman–Crippen MR) is 110 cm³/mol. The summed E-state index contributed by atoms with van der Waals surface area (Å²) in [4.78, 5) is 25.3.